The molecule has 13 heavy (non-hydrogen) atoms. The molecule has 2 N–H and O–H groups in total. The van der Waals surface area contributed by atoms with Gasteiger partial charge >= 0.3 is 0 Å². The highest BCUT2D eigenvalue weighted by Gasteiger charge is 1.95. The van der Waals surface area contributed by atoms with E-state index in [0.29, 0.717) is 13.2 Å². The van der Waals surface area contributed by atoms with Crippen LogP contribution in [0.15, 0.2) is 0 Å². The predicted octanol–water partition coefficient (Wildman–Crippen LogP) is 0.625. The molecular weight excluding hydrogens is 168 g/mol. The summed E-state index contributed by atoms with van der Waals surface area (Å²) in [6.07, 6.45) is 2.28. The standard InChI is InChI=1S/C9H22N2O2/c1-3-5-11(2)6-4-7-12-8-9-13-10/h3-10H2,1-2H3. The quantitative estimate of drug-likeness (QED) is 0.428. The zero-order chi connectivity index (χ0) is 9.94. The Morgan fingerprint density at radius 2 is 1.92 bits per heavy atom. The molecule has 4 nitrogen and oxygen atoms in total. The molecule has 0 aromatic carbocycles. The molecule has 0 rings (SSSR count). The minimum absolute atomic E-state index is 0.477. The number of nitrogens with zero attached hydrogens (tertiary/aromatic N) is 1. The number of rotatable bonds is 9. The fourth-order valence-corrected chi connectivity index (χ4v) is 1.14. The van der Waals surface area contributed by atoms with Crippen molar-refractivity contribution in [1.82, 2.24) is 4.90 Å². The van der Waals surface area contributed by atoms with Crippen LogP contribution in [-0.2, 0) is 9.57 Å². The van der Waals surface area contributed by atoms with Gasteiger partial charge in [0.25, 0.3) is 0 Å². The van der Waals surface area contributed by atoms with E-state index in [1.54, 1.807) is 0 Å². The molecule has 0 spiro atoms. The molecule has 0 aliphatic carbocycles. The maximum atomic E-state index is 5.27. The van der Waals surface area contributed by atoms with E-state index >= 15 is 0 Å². The summed E-state index contributed by atoms with van der Waals surface area (Å²) in [5, 5.41) is 0. The molecule has 0 aromatic heterocycles. The molecule has 0 amide bonds. The van der Waals surface area contributed by atoms with Gasteiger partial charge in [-0.25, -0.2) is 5.90 Å². The summed E-state index contributed by atoms with van der Waals surface area (Å²) in [6.45, 7) is 6.30. The van der Waals surface area contributed by atoms with Gasteiger partial charge in [0.15, 0.2) is 0 Å². The van der Waals surface area contributed by atoms with E-state index < -0.39 is 0 Å². The van der Waals surface area contributed by atoms with Gasteiger partial charge in [0.1, 0.15) is 0 Å². The Kier molecular flexibility index (Phi) is 9.80. The summed E-state index contributed by atoms with van der Waals surface area (Å²) < 4.78 is 5.27. The van der Waals surface area contributed by atoms with Gasteiger partial charge in [-0.05, 0) is 26.4 Å². The van der Waals surface area contributed by atoms with Gasteiger partial charge in [0.2, 0.25) is 0 Å². The van der Waals surface area contributed by atoms with Gasteiger partial charge in [-0.3, -0.25) is 0 Å². The Morgan fingerprint density at radius 1 is 1.15 bits per heavy atom. The van der Waals surface area contributed by atoms with Gasteiger partial charge in [-0.2, -0.15) is 0 Å². The second-order valence-electron chi connectivity index (χ2n) is 3.14. The van der Waals surface area contributed by atoms with Crippen LogP contribution in [0.4, 0.5) is 0 Å². The van der Waals surface area contributed by atoms with Crippen molar-refractivity contribution >= 4 is 0 Å². The highest BCUT2D eigenvalue weighted by molar-refractivity contribution is 4.49. The van der Waals surface area contributed by atoms with Gasteiger partial charge in [-0.15, -0.1) is 0 Å². The third kappa shape index (κ3) is 9.76. The van der Waals surface area contributed by atoms with E-state index in [-0.39, 0.29) is 0 Å². The largest absolute Gasteiger partial charge is 0.379 e. The number of hydrogen-bond acceptors (Lipinski definition) is 4. The van der Waals surface area contributed by atoms with E-state index in [4.69, 9.17) is 10.6 Å². The molecule has 0 bridgehead atoms. The summed E-state index contributed by atoms with van der Waals surface area (Å²) in [4.78, 5) is 6.68. The second-order valence-corrected chi connectivity index (χ2v) is 3.14. The summed E-state index contributed by atoms with van der Waals surface area (Å²) in [5.41, 5.74) is 0. The van der Waals surface area contributed by atoms with Crippen LogP contribution >= 0.6 is 0 Å². The first kappa shape index (κ1) is 12.8. The summed E-state index contributed by atoms with van der Waals surface area (Å²) >= 11 is 0. The van der Waals surface area contributed by atoms with Crippen LogP contribution in [0.3, 0.4) is 0 Å². The normalized spacial score (nSPS) is 11.1. The van der Waals surface area contributed by atoms with Crippen LogP contribution in [0.25, 0.3) is 0 Å². The van der Waals surface area contributed by atoms with Crippen LogP contribution in [-0.4, -0.2) is 44.9 Å². The molecule has 0 saturated heterocycles. The predicted molar refractivity (Wildman–Crippen MR) is 53.4 cm³/mol. The van der Waals surface area contributed by atoms with E-state index in [0.717, 1.165) is 26.1 Å². The maximum absolute atomic E-state index is 5.27. The Morgan fingerprint density at radius 3 is 2.54 bits per heavy atom. The first-order valence-electron chi connectivity index (χ1n) is 4.89. The first-order valence-corrected chi connectivity index (χ1v) is 4.89. The molecule has 0 heterocycles. The molecule has 0 unspecified atom stereocenters. The highest BCUT2D eigenvalue weighted by Crippen LogP contribution is 1.90. The van der Waals surface area contributed by atoms with E-state index in [9.17, 15) is 0 Å². The van der Waals surface area contributed by atoms with Crippen molar-refractivity contribution in [2.24, 2.45) is 5.90 Å². The summed E-state index contributed by atoms with van der Waals surface area (Å²) in [5.74, 6) is 4.84. The average Bonchev–Trinajstić information content (AvgIpc) is 2.11. The molecule has 0 radical (unpaired) electrons. The highest BCUT2D eigenvalue weighted by atomic mass is 16.6. The number of ether oxygens (including phenoxy) is 1. The Bertz CT molecular complexity index is 102. The lowest BCUT2D eigenvalue weighted by molar-refractivity contribution is 0.0448. The fraction of sp³-hybridized carbons (Fsp3) is 1.00. The van der Waals surface area contributed by atoms with Crippen LogP contribution in [0.5, 0.6) is 0 Å². The zero-order valence-corrected chi connectivity index (χ0v) is 8.79. The molecule has 0 aromatic rings. The SMILES string of the molecule is CCCN(C)CCCOCCON. The molecule has 0 atom stereocenters. The van der Waals surface area contributed by atoms with Crippen LogP contribution in [0.1, 0.15) is 19.8 Å². The van der Waals surface area contributed by atoms with Crippen molar-refractivity contribution < 1.29 is 9.57 Å². The van der Waals surface area contributed by atoms with E-state index in [1.807, 2.05) is 0 Å². The molecule has 80 valence electrons. The van der Waals surface area contributed by atoms with E-state index in [2.05, 4.69) is 23.7 Å². The van der Waals surface area contributed by atoms with Gasteiger partial charge < -0.3 is 14.5 Å². The molecule has 0 aliphatic heterocycles. The lowest BCUT2D eigenvalue weighted by Crippen LogP contribution is -2.21. The fourth-order valence-electron chi connectivity index (χ4n) is 1.14. The van der Waals surface area contributed by atoms with Crippen LogP contribution in [0.2, 0.25) is 0 Å². The Balaban J connectivity index is 2.97. The molecule has 0 saturated carbocycles. The molecule has 0 fully saturated rings. The third-order valence-corrected chi connectivity index (χ3v) is 1.78. The van der Waals surface area contributed by atoms with E-state index in [1.165, 1.54) is 6.42 Å². The van der Waals surface area contributed by atoms with Crippen molar-refractivity contribution in [2.45, 2.75) is 19.8 Å². The minimum Gasteiger partial charge on any atom is -0.379 e. The van der Waals surface area contributed by atoms with Gasteiger partial charge in [0.05, 0.1) is 13.2 Å². The van der Waals surface area contributed by atoms with Crippen molar-refractivity contribution in [3.8, 4) is 0 Å². The zero-order valence-electron chi connectivity index (χ0n) is 8.79. The van der Waals surface area contributed by atoms with Crippen molar-refractivity contribution in [1.29, 1.82) is 0 Å². The van der Waals surface area contributed by atoms with Crippen molar-refractivity contribution in [3.63, 3.8) is 0 Å². The smallest absolute Gasteiger partial charge is 0.0913 e. The summed E-state index contributed by atoms with van der Waals surface area (Å²) in [7, 11) is 2.13. The lowest BCUT2D eigenvalue weighted by atomic mass is 10.4. The third-order valence-electron chi connectivity index (χ3n) is 1.78. The second kappa shape index (κ2) is 9.92. The summed E-state index contributed by atoms with van der Waals surface area (Å²) in [6, 6.07) is 0. The molecule has 4 heteroatoms. The number of nitrogens with two attached hydrogens (primary N) is 1. The van der Waals surface area contributed by atoms with Gasteiger partial charge in [-0.1, -0.05) is 6.92 Å². The van der Waals surface area contributed by atoms with Crippen molar-refractivity contribution in [2.75, 3.05) is 40.0 Å². The molecule has 0 aliphatic rings. The van der Waals surface area contributed by atoms with Crippen LogP contribution < -0.4 is 5.90 Å². The number of hydrogen-bond donors (Lipinski definition) is 1. The minimum atomic E-state index is 0.477. The van der Waals surface area contributed by atoms with Crippen LogP contribution in [0, 0.1) is 0 Å². The molecular formula is C9H22N2O2. The maximum Gasteiger partial charge on any atom is 0.0913 e. The average molecular weight is 190 g/mol. The lowest BCUT2D eigenvalue weighted by Gasteiger charge is -2.14. The monoisotopic (exact) mass is 190 g/mol. The Hall–Kier alpha value is -0.160. The van der Waals surface area contributed by atoms with Gasteiger partial charge in [0, 0.05) is 13.2 Å². The first-order chi connectivity index (χ1) is 6.31. The Labute approximate surface area is 80.9 Å². The topological polar surface area (TPSA) is 47.7 Å². The van der Waals surface area contributed by atoms with Crippen molar-refractivity contribution in [3.05, 3.63) is 0 Å².